The Morgan fingerprint density at radius 2 is 1.58 bits per heavy atom. The molecule has 0 bridgehead atoms. The molecular formula is C26H30N2O4S. The van der Waals surface area contributed by atoms with Gasteiger partial charge in [0.15, 0.2) is 0 Å². The summed E-state index contributed by atoms with van der Waals surface area (Å²) in [6.07, 6.45) is 1.30. The topological polar surface area (TPSA) is 75.7 Å². The lowest BCUT2D eigenvalue weighted by molar-refractivity contribution is -0.120. The second-order valence-electron chi connectivity index (χ2n) is 7.61. The Morgan fingerprint density at radius 3 is 2.18 bits per heavy atom. The maximum atomic E-state index is 13.6. The van der Waals surface area contributed by atoms with E-state index in [9.17, 15) is 13.2 Å². The predicted molar refractivity (Wildman–Crippen MR) is 131 cm³/mol. The van der Waals surface area contributed by atoms with Gasteiger partial charge in [-0.2, -0.15) is 0 Å². The highest BCUT2D eigenvalue weighted by Crippen LogP contribution is 2.28. The molecule has 1 unspecified atom stereocenters. The zero-order chi connectivity index (χ0) is 23.8. The quantitative estimate of drug-likeness (QED) is 0.469. The number of anilines is 1. The fourth-order valence-corrected chi connectivity index (χ4v) is 5.18. The maximum absolute atomic E-state index is 13.6. The average molecular weight is 467 g/mol. The van der Waals surface area contributed by atoms with Crippen LogP contribution in [0.15, 0.2) is 83.8 Å². The number of para-hydroxylation sites is 1. The molecule has 1 atom stereocenters. The average Bonchev–Trinajstić information content (AvgIpc) is 2.86. The summed E-state index contributed by atoms with van der Waals surface area (Å²) >= 11 is 0. The van der Waals surface area contributed by atoms with E-state index < -0.39 is 10.0 Å². The first-order valence-corrected chi connectivity index (χ1v) is 12.4. The molecular weight excluding hydrogens is 436 g/mol. The first kappa shape index (κ1) is 24.3. The molecule has 3 aromatic rings. The summed E-state index contributed by atoms with van der Waals surface area (Å²) in [6.45, 7) is 3.62. The third kappa shape index (κ3) is 5.73. The van der Waals surface area contributed by atoms with E-state index in [2.05, 4.69) is 5.32 Å². The standard InChI is InChI=1S/C26H30N2O4S/c1-4-20-11-9-10-14-25(20)28(33(30,31)23-12-7-6-8-13-23)19-26(29)27-24(5-2)21-15-17-22(32-3)18-16-21/h6-18,24H,4-5,19H2,1-3H3,(H,27,29). The van der Waals surface area contributed by atoms with Crippen LogP contribution in [0, 0.1) is 0 Å². The van der Waals surface area contributed by atoms with Crippen LogP contribution in [0.3, 0.4) is 0 Å². The molecule has 0 fully saturated rings. The SMILES string of the molecule is CCc1ccccc1N(CC(=O)NC(CC)c1ccc(OC)cc1)S(=O)(=O)c1ccccc1. The van der Waals surface area contributed by atoms with Crippen LogP contribution in [0.4, 0.5) is 5.69 Å². The minimum Gasteiger partial charge on any atom is -0.497 e. The van der Waals surface area contributed by atoms with Crippen LogP contribution in [0.1, 0.15) is 37.4 Å². The van der Waals surface area contributed by atoms with Gasteiger partial charge >= 0.3 is 0 Å². The van der Waals surface area contributed by atoms with E-state index in [0.29, 0.717) is 18.5 Å². The van der Waals surface area contributed by atoms with Gasteiger partial charge in [-0.15, -0.1) is 0 Å². The molecule has 3 rings (SSSR count). The van der Waals surface area contributed by atoms with E-state index in [4.69, 9.17) is 4.74 Å². The van der Waals surface area contributed by atoms with Gasteiger partial charge in [-0.05, 0) is 54.3 Å². The van der Waals surface area contributed by atoms with Crippen molar-refractivity contribution in [2.24, 2.45) is 0 Å². The molecule has 0 radical (unpaired) electrons. The number of carbonyl (C=O) groups excluding carboxylic acids is 1. The number of hydrogen-bond acceptors (Lipinski definition) is 4. The largest absolute Gasteiger partial charge is 0.497 e. The zero-order valence-corrected chi connectivity index (χ0v) is 20.0. The number of amides is 1. The van der Waals surface area contributed by atoms with Crippen molar-refractivity contribution in [3.63, 3.8) is 0 Å². The number of sulfonamides is 1. The highest BCUT2D eigenvalue weighted by atomic mass is 32.2. The highest BCUT2D eigenvalue weighted by molar-refractivity contribution is 7.92. The molecule has 33 heavy (non-hydrogen) atoms. The van der Waals surface area contributed by atoms with E-state index >= 15 is 0 Å². The Bertz CT molecular complexity index is 1160. The van der Waals surface area contributed by atoms with Gasteiger partial charge in [0.25, 0.3) is 10.0 Å². The van der Waals surface area contributed by atoms with Crippen molar-refractivity contribution in [1.82, 2.24) is 5.32 Å². The molecule has 0 aliphatic rings. The van der Waals surface area contributed by atoms with Crippen LogP contribution in [0.25, 0.3) is 0 Å². The Kier molecular flexibility index (Phi) is 8.11. The van der Waals surface area contributed by atoms with Crippen LogP contribution < -0.4 is 14.4 Å². The summed E-state index contributed by atoms with van der Waals surface area (Å²) in [5.74, 6) is 0.360. The minimum atomic E-state index is -3.94. The van der Waals surface area contributed by atoms with Gasteiger partial charge in [-0.1, -0.05) is 62.4 Å². The predicted octanol–water partition coefficient (Wildman–Crippen LogP) is 4.72. The fraction of sp³-hybridized carbons (Fsp3) is 0.269. The number of rotatable bonds is 10. The van der Waals surface area contributed by atoms with E-state index in [1.165, 1.54) is 4.31 Å². The summed E-state index contributed by atoms with van der Waals surface area (Å²) in [6, 6.07) is 22.7. The smallest absolute Gasteiger partial charge is 0.264 e. The molecule has 1 amide bonds. The molecule has 0 aliphatic carbocycles. The molecule has 7 heteroatoms. The first-order valence-electron chi connectivity index (χ1n) is 11.0. The molecule has 0 saturated heterocycles. The van der Waals surface area contributed by atoms with Crippen molar-refractivity contribution in [3.8, 4) is 5.75 Å². The van der Waals surface area contributed by atoms with Gasteiger partial charge in [0, 0.05) is 0 Å². The van der Waals surface area contributed by atoms with Crippen molar-refractivity contribution in [1.29, 1.82) is 0 Å². The molecule has 1 N–H and O–H groups in total. The van der Waals surface area contributed by atoms with Gasteiger partial charge in [0.05, 0.1) is 23.7 Å². The normalized spacial score (nSPS) is 12.1. The second-order valence-corrected chi connectivity index (χ2v) is 9.47. The van der Waals surface area contributed by atoms with Crippen molar-refractivity contribution >= 4 is 21.6 Å². The molecule has 0 aromatic heterocycles. The fourth-order valence-electron chi connectivity index (χ4n) is 3.70. The first-order chi connectivity index (χ1) is 15.9. The van der Waals surface area contributed by atoms with Gasteiger partial charge in [0.1, 0.15) is 12.3 Å². The number of nitrogens with zero attached hydrogens (tertiary/aromatic N) is 1. The van der Waals surface area contributed by atoms with Crippen molar-refractivity contribution in [2.75, 3.05) is 18.0 Å². The van der Waals surface area contributed by atoms with Crippen LogP contribution >= 0.6 is 0 Å². The third-order valence-corrected chi connectivity index (χ3v) is 7.30. The summed E-state index contributed by atoms with van der Waals surface area (Å²) in [5, 5.41) is 3.00. The number of carbonyl (C=O) groups is 1. The lowest BCUT2D eigenvalue weighted by atomic mass is 10.0. The summed E-state index contributed by atoms with van der Waals surface area (Å²) in [4.78, 5) is 13.3. The van der Waals surface area contributed by atoms with E-state index in [1.807, 2.05) is 50.2 Å². The van der Waals surface area contributed by atoms with Crippen LogP contribution in [-0.2, 0) is 21.2 Å². The molecule has 0 aliphatic heterocycles. The van der Waals surface area contributed by atoms with Crippen molar-refractivity contribution in [2.45, 2.75) is 37.6 Å². The Labute approximate surface area is 196 Å². The molecule has 0 spiro atoms. The third-order valence-electron chi connectivity index (χ3n) is 5.52. The maximum Gasteiger partial charge on any atom is 0.264 e. The van der Waals surface area contributed by atoms with Gasteiger partial charge in [0.2, 0.25) is 5.91 Å². The zero-order valence-electron chi connectivity index (χ0n) is 19.2. The lowest BCUT2D eigenvalue weighted by Gasteiger charge is -2.27. The summed E-state index contributed by atoms with van der Waals surface area (Å²) in [5.41, 5.74) is 2.29. The lowest BCUT2D eigenvalue weighted by Crippen LogP contribution is -2.42. The highest BCUT2D eigenvalue weighted by Gasteiger charge is 2.29. The molecule has 3 aromatic carbocycles. The van der Waals surface area contributed by atoms with E-state index in [1.54, 1.807) is 49.6 Å². The molecule has 6 nitrogen and oxygen atoms in total. The molecule has 0 heterocycles. The van der Waals surface area contributed by atoms with Gasteiger partial charge in [-0.25, -0.2) is 8.42 Å². The van der Waals surface area contributed by atoms with Crippen LogP contribution in [0.5, 0.6) is 5.75 Å². The number of nitrogens with one attached hydrogen (secondary N) is 1. The summed E-state index contributed by atoms with van der Waals surface area (Å²) in [7, 11) is -2.34. The number of methoxy groups -OCH3 is 1. The molecule has 0 saturated carbocycles. The summed E-state index contributed by atoms with van der Waals surface area (Å²) < 4.78 is 33.5. The van der Waals surface area contributed by atoms with Crippen LogP contribution in [-0.4, -0.2) is 28.0 Å². The van der Waals surface area contributed by atoms with Gasteiger partial charge in [-0.3, -0.25) is 9.10 Å². The number of aryl methyl sites for hydroxylation is 1. The second kappa shape index (κ2) is 11.0. The van der Waals surface area contributed by atoms with E-state index in [0.717, 1.165) is 16.9 Å². The monoisotopic (exact) mass is 466 g/mol. The molecule has 174 valence electrons. The minimum absolute atomic E-state index is 0.144. The Hall–Kier alpha value is -3.32. The van der Waals surface area contributed by atoms with Crippen molar-refractivity contribution < 1.29 is 17.9 Å². The number of benzene rings is 3. The Balaban J connectivity index is 1.91. The van der Waals surface area contributed by atoms with Crippen LogP contribution in [0.2, 0.25) is 0 Å². The number of ether oxygens (including phenoxy) is 1. The van der Waals surface area contributed by atoms with E-state index in [-0.39, 0.29) is 23.4 Å². The van der Waals surface area contributed by atoms with Gasteiger partial charge < -0.3 is 10.1 Å². The Morgan fingerprint density at radius 1 is 0.939 bits per heavy atom. The number of hydrogen-bond donors (Lipinski definition) is 1. The van der Waals surface area contributed by atoms with Crippen molar-refractivity contribution in [3.05, 3.63) is 90.0 Å².